The molecule has 0 unspecified atom stereocenters. The normalized spacial score (nSPS) is 11.0. The molecule has 0 saturated heterocycles. The third kappa shape index (κ3) is 3.75. The first-order valence-electron chi connectivity index (χ1n) is 4.51. The molecule has 0 radical (unpaired) electrons. The van der Waals surface area contributed by atoms with Gasteiger partial charge in [-0.15, -0.1) is 0 Å². The Bertz CT molecular complexity index is 344. The van der Waals surface area contributed by atoms with Gasteiger partial charge in [0.2, 0.25) is 0 Å². The van der Waals surface area contributed by atoms with E-state index in [2.05, 4.69) is 31.9 Å². The minimum atomic E-state index is 0.117. The molecule has 0 atom stereocenters. The number of hydrogen-bond donors (Lipinski definition) is 2. The number of phenols is 1. The maximum Gasteiger partial charge on any atom is 0.134 e. The van der Waals surface area contributed by atoms with Gasteiger partial charge in [0.05, 0.1) is 11.1 Å². The van der Waals surface area contributed by atoms with E-state index in [-0.39, 0.29) is 12.4 Å². The summed E-state index contributed by atoms with van der Waals surface area (Å²) >= 11 is 6.64. The molecule has 0 heterocycles. The Morgan fingerprint density at radius 2 is 2.00 bits per heavy atom. The summed E-state index contributed by atoms with van der Waals surface area (Å²) < 4.78 is 1.59. The minimum absolute atomic E-state index is 0.117. The Balaban J connectivity index is 2.84. The van der Waals surface area contributed by atoms with Crippen molar-refractivity contribution in [2.24, 2.45) is 0 Å². The second-order valence-corrected chi connectivity index (χ2v) is 5.13. The third-order valence-corrected chi connectivity index (χ3v) is 3.09. The molecule has 1 aromatic rings. The average molecular weight is 339 g/mol. The van der Waals surface area contributed by atoms with Gasteiger partial charge < -0.3 is 10.2 Å². The fraction of sp³-hybridized carbons (Fsp3) is 0.400. The first kappa shape index (κ1) is 13.0. The molecule has 3 nitrogen and oxygen atoms in total. The van der Waals surface area contributed by atoms with Crippen molar-refractivity contribution >= 4 is 31.9 Å². The number of aliphatic hydroxyl groups excluding tert-OH is 1. The molecule has 0 saturated carbocycles. The van der Waals surface area contributed by atoms with Crippen LogP contribution in [0.4, 0.5) is 0 Å². The van der Waals surface area contributed by atoms with Crippen LogP contribution in [0.15, 0.2) is 21.1 Å². The number of likely N-dealkylation sites (N-methyl/N-ethyl adjacent to an activating group) is 1. The maximum absolute atomic E-state index is 9.78. The topological polar surface area (TPSA) is 43.7 Å². The van der Waals surface area contributed by atoms with Gasteiger partial charge in [-0.25, -0.2) is 0 Å². The van der Waals surface area contributed by atoms with E-state index in [1.807, 2.05) is 18.0 Å². The van der Waals surface area contributed by atoms with Crippen LogP contribution in [-0.2, 0) is 6.54 Å². The number of hydrogen-bond acceptors (Lipinski definition) is 3. The lowest BCUT2D eigenvalue weighted by molar-refractivity contribution is 0.216. The summed E-state index contributed by atoms with van der Waals surface area (Å²) in [5.74, 6) is 0.253. The summed E-state index contributed by atoms with van der Waals surface area (Å²) in [6.07, 6.45) is 0. The number of phenolic OH excluding ortho intramolecular Hbond substituents is 1. The van der Waals surface area contributed by atoms with Gasteiger partial charge in [0.15, 0.2) is 0 Å². The quantitative estimate of drug-likeness (QED) is 0.885. The summed E-state index contributed by atoms with van der Waals surface area (Å²) in [7, 11) is 1.89. The van der Waals surface area contributed by atoms with Crippen molar-refractivity contribution in [2.45, 2.75) is 6.54 Å². The zero-order chi connectivity index (χ0) is 11.4. The van der Waals surface area contributed by atoms with Crippen LogP contribution in [-0.4, -0.2) is 35.3 Å². The minimum Gasteiger partial charge on any atom is -0.506 e. The van der Waals surface area contributed by atoms with Gasteiger partial charge in [-0.1, -0.05) is 15.9 Å². The number of nitrogens with zero attached hydrogens (tertiary/aromatic N) is 1. The van der Waals surface area contributed by atoms with E-state index < -0.39 is 0 Å². The summed E-state index contributed by atoms with van der Waals surface area (Å²) in [5, 5.41) is 18.6. The predicted molar refractivity (Wildman–Crippen MR) is 66.9 cm³/mol. The van der Waals surface area contributed by atoms with E-state index in [1.165, 1.54) is 0 Å². The molecular weight excluding hydrogens is 326 g/mol. The highest BCUT2D eigenvalue weighted by Gasteiger charge is 2.09. The van der Waals surface area contributed by atoms with Crippen LogP contribution < -0.4 is 0 Å². The van der Waals surface area contributed by atoms with E-state index in [1.54, 1.807) is 6.07 Å². The first-order valence-corrected chi connectivity index (χ1v) is 6.09. The second kappa shape index (κ2) is 5.84. The Hall–Kier alpha value is -0.100. The summed E-state index contributed by atoms with van der Waals surface area (Å²) in [5.41, 5.74) is 0.826. The van der Waals surface area contributed by atoms with Crippen molar-refractivity contribution in [1.82, 2.24) is 4.90 Å². The third-order valence-electron chi connectivity index (χ3n) is 2.03. The number of aromatic hydroxyl groups is 1. The van der Waals surface area contributed by atoms with Crippen molar-refractivity contribution in [2.75, 3.05) is 20.2 Å². The van der Waals surface area contributed by atoms with Crippen molar-refractivity contribution in [3.8, 4) is 5.75 Å². The Kier molecular flexibility index (Phi) is 5.05. The van der Waals surface area contributed by atoms with Gasteiger partial charge in [0, 0.05) is 23.1 Å². The lowest BCUT2D eigenvalue weighted by atomic mass is 10.2. The van der Waals surface area contributed by atoms with Crippen LogP contribution >= 0.6 is 31.9 Å². The molecule has 15 heavy (non-hydrogen) atoms. The molecule has 0 spiro atoms. The SMILES string of the molecule is CN(CCO)Cc1cc(Br)cc(Br)c1O. The highest BCUT2D eigenvalue weighted by molar-refractivity contribution is 9.11. The van der Waals surface area contributed by atoms with Crippen LogP contribution in [0.3, 0.4) is 0 Å². The molecule has 0 aliphatic heterocycles. The van der Waals surface area contributed by atoms with Crippen molar-refractivity contribution < 1.29 is 10.2 Å². The summed E-state index contributed by atoms with van der Waals surface area (Å²) in [4.78, 5) is 1.94. The number of aliphatic hydroxyl groups is 1. The van der Waals surface area contributed by atoms with Gasteiger partial charge in [-0.3, -0.25) is 4.90 Å². The number of benzene rings is 1. The largest absolute Gasteiger partial charge is 0.506 e. The van der Waals surface area contributed by atoms with Gasteiger partial charge >= 0.3 is 0 Å². The van der Waals surface area contributed by atoms with Gasteiger partial charge in [-0.2, -0.15) is 0 Å². The van der Waals surface area contributed by atoms with Crippen LogP contribution in [0.1, 0.15) is 5.56 Å². The second-order valence-electron chi connectivity index (χ2n) is 3.36. The molecule has 1 rings (SSSR count). The number of rotatable bonds is 4. The molecule has 0 fully saturated rings. The van der Waals surface area contributed by atoms with Crippen molar-refractivity contribution in [1.29, 1.82) is 0 Å². The van der Waals surface area contributed by atoms with Gasteiger partial charge in [0.25, 0.3) is 0 Å². The highest BCUT2D eigenvalue weighted by atomic mass is 79.9. The maximum atomic E-state index is 9.78. The molecule has 84 valence electrons. The molecular formula is C10H13Br2NO2. The fourth-order valence-corrected chi connectivity index (χ4v) is 2.59. The zero-order valence-electron chi connectivity index (χ0n) is 8.37. The molecule has 0 amide bonds. The van der Waals surface area contributed by atoms with Crippen LogP contribution in [0.2, 0.25) is 0 Å². The Morgan fingerprint density at radius 1 is 1.33 bits per heavy atom. The van der Waals surface area contributed by atoms with Crippen LogP contribution in [0.5, 0.6) is 5.75 Å². The monoisotopic (exact) mass is 337 g/mol. The van der Waals surface area contributed by atoms with E-state index in [0.717, 1.165) is 10.0 Å². The van der Waals surface area contributed by atoms with E-state index >= 15 is 0 Å². The van der Waals surface area contributed by atoms with E-state index in [9.17, 15) is 5.11 Å². The molecule has 2 N–H and O–H groups in total. The Labute approximate surface area is 106 Å². The fourth-order valence-electron chi connectivity index (χ4n) is 1.28. The van der Waals surface area contributed by atoms with Crippen molar-refractivity contribution in [3.63, 3.8) is 0 Å². The summed E-state index contributed by atoms with van der Waals surface area (Å²) in [6, 6.07) is 3.67. The smallest absolute Gasteiger partial charge is 0.134 e. The van der Waals surface area contributed by atoms with Crippen LogP contribution in [0.25, 0.3) is 0 Å². The van der Waals surface area contributed by atoms with Crippen LogP contribution in [0, 0.1) is 0 Å². The molecule has 0 aliphatic carbocycles. The predicted octanol–water partition coefficient (Wildman–Crippen LogP) is 2.34. The van der Waals surface area contributed by atoms with Gasteiger partial charge in [0.1, 0.15) is 5.75 Å². The van der Waals surface area contributed by atoms with E-state index in [0.29, 0.717) is 17.6 Å². The number of halogens is 2. The lowest BCUT2D eigenvalue weighted by Gasteiger charge is -2.16. The first-order chi connectivity index (χ1) is 7.04. The van der Waals surface area contributed by atoms with Crippen molar-refractivity contribution in [3.05, 3.63) is 26.6 Å². The Morgan fingerprint density at radius 3 is 2.60 bits per heavy atom. The lowest BCUT2D eigenvalue weighted by Crippen LogP contribution is -2.21. The molecule has 0 aromatic heterocycles. The standard InChI is InChI=1S/C10H13Br2NO2/c1-13(2-3-14)6-7-4-8(11)5-9(12)10(7)15/h4-5,14-15H,2-3,6H2,1H3. The molecule has 0 aliphatic rings. The zero-order valence-corrected chi connectivity index (χ0v) is 11.5. The van der Waals surface area contributed by atoms with Gasteiger partial charge in [-0.05, 0) is 35.1 Å². The molecule has 0 bridgehead atoms. The molecule has 1 aromatic carbocycles. The highest BCUT2D eigenvalue weighted by Crippen LogP contribution is 2.32. The molecule has 5 heteroatoms. The average Bonchev–Trinajstić information content (AvgIpc) is 2.13. The summed E-state index contributed by atoms with van der Waals surface area (Å²) in [6.45, 7) is 1.31. The van der Waals surface area contributed by atoms with E-state index in [4.69, 9.17) is 5.11 Å².